The number of aromatic hydroxyl groups is 1. The molecule has 0 unspecified atom stereocenters. The third-order valence-corrected chi connectivity index (χ3v) is 5.52. The quantitative estimate of drug-likeness (QED) is 0.641. The lowest BCUT2D eigenvalue weighted by Gasteiger charge is -2.28. The van der Waals surface area contributed by atoms with Gasteiger partial charge in [0.25, 0.3) is 0 Å². The summed E-state index contributed by atoms with van der Waals surface area (Å²) >= 11 is 5.94. The van der Waals surface area contributed by atoms with Crippen LogP contribution >= 0.6 is 11.6 Å². The Hall–Kier alpha value is -1.81. The Bertz CT molecular complexity index is 713. The van der Waals surface area contributed by atoms with E-state index in [-0.39, 0.29) is 41.0 Å². The maximum atomic E-state index is 12.9. The number of nitrogens with zero attached hydrogens (tertiary/aromatic N) is 1. The summed E-state index contributed by atoms with van der Waals surface area (Å²) in [5.41, 5.74) is -0.502. The molecule has 4 rings (SSSR count). The number of allylic oxidation sites excluding steroid dienone is 2. The first kappa shape index (κ1) is 12.9. The number of carbonyl (C=O) groups is 2. The summed E-state index contributed by atoms with van der Waals surface area (Å²) in [6.07, 6.45) is 4.96. The molecule has 108 valence electrons. The molecule has 1 aromatic carbocycles. The zero-order valence-electron chi connectivity index (χ0n) is 11.4. The molecule has 0 spiro atoms. The molecular formula is C16H14ClNO3. The highest BCUT2D eigenvalue weighted by Crippen LogP contribution is 2.61. The van der Waals surface area contributed by atoms with E-state index in [1.807, 2.05) is 19.1 Å². The van der Waals surface area contributed by atoms with Crippen molar-refractivity contribution < 1.29 is 14.7 Å². The molecule has 5 heteroatoms. The first-order valence-electron chi connectivity index (χ1n) is 7.00. The van der Waals surface area contributed by atoms with Gasteiger partial charge in [0.1, 0.15) is 5.75 Å². The van der Waals surface area contributed by atoms with Crippen LogP contribution in [-0.2, 0) is 9.59 Å². The molecule has 0 aromatic heterocycles. The van der Waals surface area contributed by atoms with Crippen LogP contribution in [0, 0.1) is 23.2 Å². The Morgan fingerprint density at radius 3 is 2.81 bits per heavy atom. The minimum atomic E-state index is -0.689. The van der Waals surface area contributed by atoms with Gasteiger partial charge in [0.05, 0.1) is 17.0 Å². The lowest BCUT2D eigenvalue weighted by atomic mass is 9.71. The number of amides is 2. The minimum Gasteiger partial charge on any atom is -0.506 e. The summed E-state index contributed by atoms with van der Waals surface area (Å²) in [7, 11) is 0. The number of halogens is 1. The normalized spacial score (nSPS) is 36.7. The van der Waals surface area contributed by atoms with E-state index in [9.17, 15) is 14.7 Å². The Labute approximate surface area is 127 Å². The van der Waals surface area contributed by atoms with Crippen molar-refractivity contribution in [2.75, 3.05) is 4.90 Å². The molecule has 1 saturated carbocycles. The molecule has 2 amide bonds. The highest BCUT2D eigenvalue weighted by molar-refractivity contribution is 6.32. The molecule has 21 heavy (non-hydrogen) atoms. The van der Waals surface area contributed by atoms with E-state index in [2.05, 4.69) is 0 Å². The molecule has 4 nitrogen and oxygen atoms in total. The zero-order chi connectivity index (χ0) is 14.9. The number of imide groups is 1. The third kappa shape index (κ3) is 1.41. The second-order valence-electron chi connectivity index (χ2n) is 6.26. The first-order chi connectivity index (χ1) is 9.94. The molecule has 4 atom stereocenters. The van der Waals surface area contributed by atoms with Gasteiger partial charge < -0.3 is 5.11 Å². The van der Waals surface area contributed by atoms with Crippen molar-refractivity contribution in [2.45, 2.75) is 13.3 Å². The van der Waals surface area contributed by atoms with E-state index >= 15 is 0 Å². The van der Waals surface area contributed by atoms with Gasteiger partial charge in [-0.1, -0.05) is 23.8 Å². The van der Waals surface area contributed by atoms with E-state index in [1.54, 1.807) is 0 Å². The van der Waals surface area contributed by atoms with Crippen molar-refractivity contribution in [3.05, 3.63) is 35.4 Å². The van der Waals surface area contributed by atoms with Gasteiger partial charge in [-0.2, -0.15) is 0 Å². The zero-order valence-corrected chi connectivity index (χ0v) is 12.2. The summed E-state index contributed by atoms with van der Waals surface area (Å²) in [5, 5.41) is 10.4. The molecule has 1 N–H and O–H groups in total. The monoisotopic (exact) mass is 303 g/mol. The van der Waals surface area contributed by atoms with Crippen LogP contribution in [0.1, 0.15) is 13.3 Å². The molecule has 1 aromatic rings. The van der Waals surface area contributed by atoms with Gasteiger partial charge in [-0.15, -0.1) is 0 Å². The number of carbonyl (C=O) groups excluding carboxylic acids is 2. The van der Waals surface area contributed by atoms with Gasteiger partial charge in [0.15, 0.2) is 0 Å². The second-order valence-corrected chi connectivity index (χ2v) is 6.70. The summed E-state index contributed by atoms with van der Waals surface area (Å²) < 4.78 is 0. The van der Waals surface area contributed by atoms with Gasteiger partial charge >= 0.3 is 0 Å². The van der Waals surface area contributed by atoms with Crippen molar-refractivity contribution in [3.63, 3.8) is 0 Å². The Balaban J connectivity index is 1.85. The van der Waals surface area contributed by atoms with Gasteiger partial charge in [-0.05, 0) is 43.4 Å². The number of rotatable bonds is 1. The van der Waals surface area contributed by atoms with Crippen molar-refractivity contribution >= 4 is 29.1 Å². The fourth-order valence-corrected chi connectivity index (χ4v) is 4.38. The third-order valence-electron chi connectivity index (χ3n) is 5.29. The molecule has 1 saturated heterocycles. The Morgan fingerprint density at radius 2 is 2.10 bits per heavy atom. The largest absolute Gasteiger partial charge is 0.506 e. The SMILES string of the molecule is C[C@]12C(=O)N(c3cc(Cl)ccc3O)C(=O)[C@H]1[C@H]1C=C[C@H]2C1. The molecule has 2 bridgehead atoms. The van der Waals surface area contributed by atoms with Gasteiger partial charge in [-0.25, -0.2) is 4.90 Å². The van der Waals surface area contributed by atoms with E-state index in [4.69, 9.17) is 11.6 Å². The van der Waals surface area contributed by atoms with Crippen LogP contribution in [0.4, 0.5) is 5.69 Å². The lowest BCUT2D eigenvalue weighted by Crippen LogP contribution is -2.37. The van der Waals surface area contributed by atoms with E-state index in [1.165, 1.54) is 18.2 Å². The van der Waals surface area contributed by atoms with Crippen LogP contribution in [0.15, 0.2) is 30.4 Å². The van der Waals surface area contributed by atoms with Crippen molar-refractivity contribution in [1.29, 1.82) is 0 Å². The first-order valence-corrected chi connectivity index (χ1v) is 7.37. The second kappa shape index (κ2) is 3.89. The molecule has 1 aliphatic heterocycles. The van der Waals surface area contributed by atoms with Crippen LogP contribution in [-0.4, -0.2) is 16.9 Å². The molecule has 2 fully saturated rings. The average Bonchev–Trinajstić information content (AvgIpc) is 3.06. The van der Waals surface area contributed by atoms with Crippen LogP contribution in [0.3, 0.4) is 0 Å². The predicted octanol–water partition coefficient (Wildman–Crippen LogP) is 2.75. The highest BCUT2D eigenvalue weighted by Gasteiger charge is 2.67. The topological polar surface area (TPSA) is 57.6 Å². The Morgan fingerprint density at radius 1 is 1.33 bits per heavy atom. The number of fused-ring (bicyclic) bond motifs is 5. The Kier molecular flexibility index (Phi) is 2.39. The minimum absolute atomic E-state index is 0.107. The number of phenols is 1. The number of benzene rings is 1. The molecule has 1 heterocycles. The van der Waals surface area contributed by atoms with Gasteiger partial charge in [0.2, 0.25) is 11.8 Å². The number of anilines is 1. The lowest BCUT2D eigenvalue weighted by molar-refractivity contribution is -0.127. The fraction of sp³-hybridized carbons (Fsp3) is 0.375. The van der Waals surface area contributed by atoms with Gasteiger partial charge in [0, 0.05) is 5.02 Å². The standard InChI is InChI=1S/C16H14ClNO3/c1-16-9-3-2-8(6-9)13(16)14(20)18(15(16)21)11-7-10(17)4-5-12(11)19/h2-5,7-9,13,19H,6H2,1H3/t8-,9-,13+,16+/m0/s1. The van der Waals surface area contributed by atoms with Crippen LogP contribution in [0.25, 0.3) is 0 Å². The molecule has 3 aliphatic rings. The number of phenolic OH excluding ortho intramolecular Hbond substituents is 1. The summed E-state index contributed by atoms with van der Waals surface area (Å²) in [6, 6.07) is 4.40. The fourth-order valence-electron chi connectivity index (χ4n) is 4.21. The predicted molar refractivity (Wildman–Crippen MR) is 77.9 cm³/mol. The number of hydrogen-bond donors (Lipinski definition) is 1. The maximum Gasteiger partial charge on any atom is 0.241 e. The van der Waals surface area contributed by atoms with Crippen molar-refractivity contribution in [3.8, 4) is 5.75 Å². The summed E-state index contributed by atoms with van der Waals surface area (Å²) in [6.45, 7) is 1.87. The number of hydrogen-bond acceptors (Lipinski definition) is 3. The average molecular weight is 304 g/mol. The van der Waals surface area contributed by atoms with Crippen LogP contribution in [0.2, 0.25) is 5.02 Å². The van der Waals surface area contributed by atoms with Crippen LogP contribution < -0.4 is 4.90 Å². The van der Waals surface area contributed by atoms with Crippen molar-refractivity contribution in [1.82, 2.24) is 0 Å². The van der Waals surface area contributed by atoms with Gasteiger partial charge in [-0.3, -0.25) is 9.59 Å². The van der Waals surface area contributed by atoms with E-state index < -0.39 is 5.41 Å². The smallest absolute Gasteiger partial charge is 0.241 e. The summed E-state index contributed by atoms with van der Waals surface area (Å²) in [4.78, 5) is 26.8. The maximum absolute atomic E-state index is 12.9. The highest BCUT2D eigenvalue weighted by atomic mass is 35.5. The van der Waals surface area contributed by atoms with E-state index in [0.29, 0.717) is 5.02 Å². The molecule has 0 radical (unpaired) electrons. The summed E-state index contributed by atoms with van der Waals surface area (Å²) in [5.74, 6) is -0.648. The van der Waals surface area contributed by atoms with Crippen molar-refractivity contribution in [2.24, 2.45) is 23.2 Å². The molecular weight excluding hydrogens is 290 g/mol. The molecule has 2 aliphatic carbocycles. The van der Waals surface area contributed by atoms with Crippen LogP contribution in [0.5, 0.6) is 5.75 Å². The van der Waals surface area contributed by atoms with E-state index in [0.717, 1.165) is 11.3 Å².